The first-order chi connectivity index (χ1) is 11.1. The van der Waals surface area contributed by atoms with Crippen LogP contribution in [0, 0.1) is 11.7 Å². The maximum atomic E-state index is 14.3. The molecule has 3 unspecified atom stereocenters. The van der Waals surface area contributed by atoms with Crippen LogP contribution in [0.1, 0.15) is 55.0 Å². The Morgan fingerprint density at radius 3 is 2.74 bits per heavy atom. The van der Waals surface area contributed by atoms with Crippen molar-refractivity contribution in [2.24, 2.45) is 5.92 Å². The normalized spacial score (nSPS) is 25.8. The molecule has 1 fully saturated rings. The highest BCUT2D eigenvalue weighted by Gasteiger charge is 2.42. The number of benzene rings is 2. The van der Waals surface area contributed by atoms with Crippen molar-refractivity contribution >= 4 is 5.69 Å². The first kappa shape index (κ1) is 14.7. The predicted octanol–water partition coefficient (Wildman–Crippen LogP) is 5.19. The third-order valence-electron chi connectivity index (χ3n) is 5.17. The molecule has 120 valence electrons. The number of hydrogen-bond donors (Lipinski definition) is 1. The van der Waals surface area contributed by atoms with Crippen molar-refractivity contribution in [1.82, 2.24) is 0 Å². The van der Waals surface area contributed by atoms with Gasteiger partial charge in [-0.3, -0.25) is 0 Å². The fourth-order valence-electron chi connectivity index (χ4n) is 3.89. The summed E-state index contributed by atoms with van der Waals surface area (Å²) in [4.78, 5) is 0. The SMILES string of the molecule is CC(C)c1ccc2c(c1)C1OCCC1C(c1ccccc1F)N2. The average Bonchev–Trinajstić information content (AvgIpc) is 3.04. The van der Waals surface area contributed by atoms with Crippen LogP contribution in [0.3, 0.4) is 0 Å². The lowest BCUT2D eigenvalue weighted by Gasteiger charge is -2.37. The van der Waals surface area contributed by atoms with Crippen molar-refractivity contribution < 1.29 is 9.13 Å². The van der Waals surface area contributed by atoms with Gasteiger partial charge in [-0.05, 0) is 30.0 Å². The standard InChI is InChI=1S/C20H22FNO/c1-12(2)13-7-8-18-16(11-13)20-15(9-10-23-20)19(22-18)14-5-3-4-6-17(14)21/h3-8,11-12,15,19-20,22H,9-10H2,1-2H3. The van der Waals surface area contributed by atoms with E-state index in [1.807, 2.05) is 12.1 Å². The zero-order valence-corrected chi connectivity index (χ0v) is 13.6. The molecular formula is C20H22FNO. The molecule has 23 heavy (non-hydrogen) atoms. The summed E-state index contributed by atoms with van der Waals surface area (Å²) >= 11 is 0. The zero-order chi connectivity index (χ0) is 16.0. The summed E-state index contributed by atoms with van der Waals surface area (Å²) in [6.07, 6.45) is 1.02. The lowest BCUT2D eigenvalue weighted by molar-refractivity contribution is 0.0825. The first-order valence-electron chi connectivity index (χ1n) is 8.41. The summed E-state index contributed by atoms with van der Waals surface area (Å²) in [6.45, 7) is 5.15. The number of ether oxygens (including phenoxy) is 1. The zero-order valence-electron chi connectivity index (χ0n) is 13.6. The van der Waals surface area contributed by atoms with Crippen LogP contribution in [0.4, 0.5) is 10.1 Å². The molecule has 1 N–H and O–H groups in total. The Balaban J connectivity index is 1.78. The van der Waals surface area contributed by atoms with Crippen LogP contribution in [0.2, 0.25) is 0 Å². The number of anilines is 1. The molecule has 2 aromatic carbocycles. The Bertz CT molecular complexity index is 727. The molecule has 0 spiro atoms. The van der Waals surface area contributed by atoms with Crippen molar-refractivity contribution in [1.29, 1.82) is 0 Å². The molecule has 0 aliphatic carbocycles. The van der Waals surface area contributed by atoms with Crippen molar-refractivity contribution in [3.05, 3.63) is 65.0 Å². The highest BCUT2D eigenvalue weighted by Crippen LogP contribution is 2.50. The van der Waals surface area contributed by atoms with Gasteiger partial charge in [0.2, 0.25) is 0 Å². The van der Waals surface area contributed by atoms with Gasteiger partial charge in [-0.25, -0.2) is 4.39 Å². The van der Waals surface area contributed by atoms with Crippen LogP contribution in [0.25, 0.3) is 0 Å². The summed E-state index contributed by atoms with van der Waals surface area (Å²) in [7, 11) is 0. The Hall–Kier alpha value is -1.87. The number of fused-ring (bicyclic) bond motifs is 3. The van der Waals surface area contributed by atoms with Gasteiger partial charge in [-0.2, -0.15) is 0 Å². The maximum absolute atomic E-state index is 14.3. The van der Waals surface area contributed by atoms with E-state index >= 15 is 0 Å². The summed E-state index contributed by atoms with van der Waals surface area (Å²) < 4.78 is 20.3. The van der Waals surface area contributed by atoms with Gasteiger partial charge in [-0.15, -0.1) is 0 Å². The van der Waals surface area contributed by atoms with Crippen LogP contribution < -0.4 is 5.32 Å². The molecule has 3 atom stereocenters. The highest BCUT2D eigenvalue weighted by molar-refractivity contribution is 5.58. The van der Waals surface area contributed by atoms with Gasteiger partial charge in [0.1, 0.15) is 5.82 Å². The Morgan fingerprint density at radius 2 is 1.96 bits per heavy atom. The molecule has 0 bridgehead atoms. The fraction of sp³-hybridized carbons (Fsp3) is 0.400. The molecule has 0 radical (unpaired) electrons. The molecular weight excluding hydrogens is 289 g/mol. The lowest BCUT2D eigenvalue weighted by atomic mass is 9.80. The van der Waals surface area contributed by atoms with Crippen LogP contribution in [-0.4, -0.2) is 6.61 Å². The third-order valence-corrected chi connectivity index (χ3v) is 5.17. The van der Waals surface area contributed by atoms with E-state index in [1.165, 1.54) is 11.1 Å². The molecule has 2 heterocycles. The fourth-order valence-corrected chi connectivity index (χ4v) is 3.89. The minimum atomic E-state index is -0.141. The van der Waals surface area contributed by atoms with E-state index in [0.717, 1.165) is 24.3 Å². The van der Waals surface area contributed by atoms with Crippen LogP contribution in [0.15, 0.2) is 42.5 Å². The largest absolute Gasteiger partial charge is 0.377 e. The minimum Gasteiger partial charge on any atom is -0.377 e. The van der Waals surface area contributed by atoms with Gasteiger partial charge < -0.3 is 10.1 Å². The van der Waals surface area contributed by atoms with E-state index < -0.39 is 0 Å². The molecule has 2 aliphatic rings. The van der Waals surface area contributed by atoms with E-state index in [4.69, 9.17) is 4.74 Å². The molecule has 2 aromatic rings. The molecule has 0 saturated carbocycles. The van der Waals surface area contributed by atoms with Crippen LogP contribution >= 0.6 is 0 Å². The van der Waals surface area contributed by atoms with Gasteiger partial charge in [0.25, 0.3) is 0 Å². The quantitative estimate of drug-likeness (QED) is 0.823. The molecule has 4 rings (SSSR count). The highest BCUT2D eigenvalue weighted by atomic mass is 19.1. The molecule has 2 aliphatic heterocycles. The minimum absolute atomic E-state index is 0.0268. The predicted molar refractivity (Wildman–Crippen MR) is 90.1 cm³/mol. The first-order valence-corrected chi connectivity index (χ1v) is 8.41. The molecule has 0 amide bonds. The van der Waals surface area contributed by atoms with Crippen molar-refractivity contribution in [3.63, 3.8) is 0 Å². The third kappa shape index (κ3) is 2.43. The van der Waals surface area contributed by atoms with Gasteiger partial charge in [-0.1, -0.05) is 44.2 Å². The van der Waals surface area contributed by atoms with E-state index in [9.17, 15) is 4.39 Å². The van der Waals surface area contributed by atoms with E-state index in [0.29, 0.717) is 5.92 Å². The lowest BCUT2D eigenvalue weighted by Crippen LogP contribution is -2.30. The topological polar surface area (TPSA) is 21.3 Å². The molecule has 0 aromatic heterocycles. The smallest absolute Gasteiger partial charge is 0.128 e. The van der Waals surface area contributed by atoms with E-state index in [-0.39, 0.29) is 23.9 Å². The van der Waals surface area contributed by atoms with Gasteiger partial charge in [0, 0.05) is 29.3 Å². The van der Waals surface area contributed by atoms with Crippen LogP contribution in [0.5, 0.6) is 0 Å². The summed E-state index contributed by atoms with van der Waals surface area (Å²) in [5.41, 5.74) is 4.37. The Kier molecular flexibility index (Phi) is 3.61. The maximum Gasteiger partial charge on any atom is 0.128 e. The Morgan fingerprint density at radius 1 is 1.13 bits per heavy atom. The number of hydrogen-bond acceptors (Lipinski definition) is 2. The average molecular weight is 311 g/mol. The number of halogens is 1. The second-order valence-corrected chi connectivity index (χ2v) is 6.89. The monoisotopic (exact) mass is 311 g/mol. The number of nitrogens with one attached hydrogen (secondary N) is 1. The Labute approximate surface area is 136 Å². The molecule has 2 nitrogen and oxygen atoms in total. The van der Waals surface area contributed by atoms with E-state index in [1.54, 1.807) is 12.1 Å². The van der Waals surface area contributed by atoms with Gasteiger partial charge in [0.05, 0.1) is 12.1 Å². The second-order valence-electron chi connectivity index (χ2n) is 6.89. The van der Waals surface area contributed by atoms with Gasteiger partial charge >= 0.3 is 0 Å². The van der Waals surface area contributed by atoms with Crippen LogP contribution in [-0.2, 0) is 4.74 Å². The van der Waals surface area contributed by atoms with Crippen molar-refractivity contribution in [2.45, 2.75) is 38.3 Å². The summed E-state index contributed by atoms with van der Waals surface area (Å²) in [5.74, 6) is 0.629. The molecule has 3 heteroatoms. The van der Waals surface area contributed by atoms with Crippen molar-refractivity contribution in [3.8, 4) is 0 Å². The van der Waals surface area contributed by atoms with Gasteiger partial charge in [0.15, 0.2) is 0 Å². The summed E-state index contributed by atoms with van der Waals surface area (Å²) in [5, 5.41) is 3.57. The van der Waals surface area contributed by atoms with Crippen molar-refractivity contribution in [2.75, 3.05) is 11.9 Å². The number of rotatable bonds is 2. The second kappa shape index (κ2) is 5.64. The summed E-state index contributed by atoms with van der Waals surface area (Å²) in [6, 6.07) is 13.6. The molecule has 1 saturated heterocycles. The van der Waals surface area contributed by atoms with E-state index in [2.05, 4.69) is 37.4 Å².